The summed E-state index contributed by atoms with van der Waals surface area (Å²) in [4.78, 5) is 0. The SMILES string of the molecule is Cc1ccccc1CCC(NN)c1c(Br)cnn1C(C)C. The lowest BCUT2D eigenvalue weighted by atomic mass is 10.00. The number of halogens is 1. The number of nitrogens with zero attached hydrogens (tertiary/aromatic N) is 2. The van der Waals surface area contributed by atoms with E-state index < -0.39 is 0 Å². The first-order valence-corrected chi connectivity index (χ1v) is 8.07. The summed E-state index contributed by atoms with van der Waals surface area (Å²) in [6.07, 6.45) is 3.75. The number of hydrogen-bond donors (Lipinski definition) is 2. The molecule has 0 aliphatic carbocycles. The summed E-state index contributed by atoms with van der Waals surface area (Å²) in [5.41, 5.74) is 6.74. The number of aromatic nitrogens is 2. The highest BCUT2D eigenvalue weighted by atomic mass is 79.9. The molecule has 5 heteroatoms. The molecule has 21 heavy (non-hydrogen) atoms. The molecule has 1 unspecified atom stereocenters. The molecular weight excluding hydrogens is 328 g/mol. The highest BCUT2D eigenvalue weighted by molar-refractivity contribution is 9.10. The van der Waals surface area contributed by atoms with Crippen LogP contribution in [0, 0.1) is 6.92 Å². The van der Waals surface area contributed by atoms with Crippen LogP contribution in [0.25, 0.3) is 0 Å². The number of nitrogens with one attached hydrogen (secondary N) is 1. The van der Waals surface area contributed by atoms with E-state index in [1.807, 2.05) is 10.9 Å². The topological polar surface area (TPSA) is 55.9 Å². The molecule has 114 valence electrons. The minimum Gasteiger partial charge on any atom is -0.271 e. The summed E-state index contributed by atoms with van der Waals surface area (Å²) in [6.45, 7) is 6.39. The minimum absolute atomic E-state index is 0.0730. The van der Waals surface area contributed by atoms with E-state index in [2.05, 4.69) is 71.5 Å². The Labute approximate surface area is 134 Å². The maximum Gasteiger partial charge on any atom is 0.0712 e. The van der Waals surface area contributed by atoms with E-state index in [0.29, 0.717) is 6.04 Å². The molecule has 0 aliphatic rings. The van der Waals surface area contributed by atoms with E-state index in [-0.39, 0.29) is 6.04 Å². The first kappa shape index (κ1) is 16.2. The Kier molecular flexibility index (Phi) is 5.56. The Morgan fingerprint density at radius 2 is 2.05 bits per heavy atom. The van der Waals surface area contributed by atoms with Crippen LogP contribution in [0.3, 0.4) is 0 Å². The van der Waals surface area contributed by atoms with Gasteiger partial charge in [-0.3, -0.25) is 16.0 Å². The van der Waals surface area contributed by atoms with Gasteiger partial charge in [0.2, 0.25) is 0 Å². The van der Waals surface area contributed by atoms with Gasteiger partial charge < -0.3 is 0 Å². The fourth-order valence-electron chi connectivity index (χ4n) is 2.58. The van der Waals surface area contributed by atoms with Crippen molar-refractivity contribution in [3.05, 3.63) is 51.8 Å². The summed E-state index contributed by atoms with van der Waals surface area (Å²) < 4.78 is 3.02. The van der Waals surface area contributed by atoms with Gasteiger partial charge in [-0.2, -0.15) is 5.10 Å². The van der Waals surface area contributed by atoms with Gasteiger partial charge in [-0.1, -0.05) is 24.3 Å². The third-order valence-corrected chi connectivity index (χ3v) is 4.38. The van der Waals surface area contributed by atoms with Crippen LogP contribution in [0.4, 0.5) is 0 Å². The molecule has 0 bridgehead atoms. The standard InChI is InChI=1S/C16H23BrN4/c1-11(2)21-16(14(17)10-19-21)15(20-18)9-8-13-7-5-4-6-12(13)3/h4-7,10-11,15,20H,8-9,18H2,1-3H3. The zero-order valence-corrected chi connectivity index (χ0v) is 14.4. The van der Waals surface area contributed by atoms with Crippen LogP contribution >= 0.6 is 15.9 Å². The van der Waals surface area contributed by atoms with Crippen LogP contribution < -0.4 is 11.3 Å². The molecule has 0 aliphatic heterocycles. The number of nitrogens with two attached hydrogens (primary N) is 1. The van der Waals surface area contributed by atoms with Gasteiger partial charge in [0, 0.05) is 6.04 Å². The van der Waals surface area contributed by atoms with E-state index in [9.17, 15) is 0 Å². The number of rotatable bonds is 6. The van der Waals surface area contributed by atoms with Crippen LogP contribution in [-0.4, -0.2) is 9.78 Å². The van der Waals surface area contributed by atoms with Gasteiger partial charge in [0.15, 0.2) is 0 Å². The molecule has 0 saturated heterocycles. The Morgan fingerprint density at radius 1 is 1.33 bits per heavy atom. The third-order valence-electron chi connectivity index (χ3n) is 3.77. The lowest BCUT2D eigenvalue weighted by Crippen LogP contribution is -2.31. The fraction of sp³-hybridized carbons (Fsp3) is 0.438. The van der Waals surface area contributed by atoms with Crippen LogP contribution in [0.5, 0.6) is 0 Å². The van der Waals surface area contributed by atoms with Crippen molar-refractivity contribution in [3.63, 3.8) is 0 Å². The maximum atomic E-state index is 5.79. The normalized spacial score (nSPS) is 12.9. The third kappa shape index (κ3) is 3.73. The Balaban J connectivity index is 2.17. The van der Waals surface area contributed by atoms with E-state index in [1.165, 1.54) is 11.1 Å². The highest BCUT2D eigenvalue weighted by Gasteiger charge is 2.20. The number of hydrogen-bond acceptors (Lipinski definition) is 3. The van der Waals surface area contributed by atoms with Gasteiger partial charge >= 0.3 is 0 Å². The maximum absolute atomic E-state index is 5.79. The Bertz CT molecular complexity index is 592. The van der Waals surface area contributed by atoms with Crippen LogP contribution in [0.1, 0.15) is 49.2 Å². The zero-order chi connectivity index (χ0) is 15.4. The second-order valence-electron chi connectivity index (χ2n) is 5.60. The lowest BCUT2D eigenvalue weighted by molar-refractivity contribution is 0.432. The molecule has 0 fully saturated rings. The summed E-state index contributed by atoms with van der Waals surface area (Å²) in [7, 11) is 0. The van der Waals surface area contributed by atoms with E-state index in [0.717, 1.165) is 23.0 Å². The van der Waals surface area contributed by atoms with Crippen molar-refractivity contribution in [1.29, 1.82) is 0 Å². The first-order chi connectivity index (χ1) is 10.0. The zero-order valence-electron chi connectivity index (χ0n) is 12.8. The molecule has 3 N–H and O–H groups in total. The second-order valence-corrected chi connectivity index (χ2v) is 6.45. The average molecular weight is 351 g/mol. The predicted octanol–water partition coefficient (Wildman–Crippen LogP) is 3.67. The Hall–Kier alpha value is -1.17. The monoisotopic (exact) mass is 350 g/mol. The molecule has 1 aromatic heterocycles. The summed E-state index contributed by atoms with van der Waals surface area (Å²) in [5.74, 6) is 5.79. The molecule has 1 aromatic carbocycles. The number of benzene rings is 1. The number of hydrazine groups is 1. The molecule has 0 saturated carbocycles. The molecule has 2 rings (SSSR count). The highest BCUT2D eigenvalue weighted by Crippen LogP contribution is 2.28. The van der Waals surface area contributed by atoms with Gasteiger partial charge in [0.05, 0.1) is 22.4 Å². The molecule has 4 nitrogen and oxygen atoms in total. The molecule has 0 spiro atoms. The smallest absolute Gasteiger partial charge is 0.0712 e. The quantitative estimate of drug-likeness (QED) is 0.617. The van der Waals surface area contributed by atoms with Gasteiger partial charge in [-0.05, 0) is 60.7 Å². The van der Waals surface area contributed by atoms with Crippen molar-refractivity contribution in [2.45, 2.75) is 45.7 Å². The second kappa shape index (κ2) is 7.20. The number of aryl methyl sites for hydroxylation is 2. The summed E-state index contributed by atoms with van der Waals surface area (Å²) in [5, 5.41) is 4.43. The first-order valence-electron chi connectivity index (χ1n) is 7.28. The molecule has 1 atom stereocenters. The largest absolute Gasteiger partial charge is 0.271 e. The average Bonchev–Trinajstić information content (AvgIpc) is 2.84. The van der Waals surface area contributed by atoms with Crippen LogP contribution in [-0.2, 0) is 6.42 Å². The van der Waals surface area contributed by atoms with Crippen LogP contribution in [0.2, 0.25) is 0 Å². The van der Waals surface area contributed by atoms with Gasteiger partial charge in [0.25, 0.3) is 0 Å². The van der Waals surface area contributed by atoms with Crippen molar-refractivity contribution in [3.8, 4) is 0 Å². The molecule has 0 amide bonds. The molecule has 0 radical (unpaired) electrons. The predicted molar refractivity (Wildman–Crippen MR) is 89.9 cm³/mol. The molecule has 2 aromatic rings. The molecular formula is C16H23BrN4. The van der Waals surface area contributed by atoms with E-state index in [1.54, 1.807) is 0 Å². The van der Waals surface area contributed by atoms with Crippen molar-refractivity contribution in [1.82, 2.24) is 15.2 Å². The molecule has 1 heterocycles. The van der Waals surface area contributed by atoms with Crippen molar-refractivity contribution in [2.75, 3.05) is 0 Å². The fourth-order valence-corrected chi connectivity index (χ4v) is 3.13. The minimum atomic E-state index is 0.0730. The van der Waals surface area contributed by atoms with Crippen LogP contribution in [0.15, 0.2) is 34.9 Å². The summed E-state index contributed by atoms with van der Waals surface area (Å²) in [6, 6.07) is 8.86. The van der Waals surface area contributed by atoms with Crippen molar-refractivity contribution >= 4 is 15.9 Å². The van der Waals surface area contributed by atoms with Crippen molar-refractivity contribution in [2.24, 2.45) is 5.84 Å². The summed E-state index contributed by atoms with van der Waals surface area (Å²) >= 11 is 3.59. The van der Waals surface area contributed by atoms with E-state index >= 15 is 0 Å². The van der Waals surface area contributed by atoms with Gasteiger partial charge in [-0.15, -0.1) is 0 Å². The Morgan fingerprint density at radius 3 is 2.67 bits per heavy atom. The lowest BCUT2D eigenvalue weighted by Gasteiger charge is -2.20. The van der Waals surface area contributed by atoms with Gasteiger partial charge in [0.1, 0.15) is 0 Å². The van der Waals surface area contributed by atoms with E-state index in [4.69, 9.17) is 5.84 Å². The van der Waals surface area contributed by atoms with Gasteiger partial charge in [-0.25, -0.2) is 0 Å². The van der Waals surface area contributed by atoms with Crippen molar-refractivity contribution < 1.29 is 0 Å².